The van der Waals surface area contributed by atoms with Crippen LogP contribution in [-0.2, 0) is 9.84 Å². The van der Waals surface area contributed by atoms with E-state index in [1.54, 1.807) is 18.3 Å². The molecule has 1 aromatic carbocycles. The van der Waals surface area contributed by atoms with E-state index in [9.17, 15) is 13.7 Å². The third-order valence-electron chi connectivity index (χ3n) is 6.44. The molecule has 11 heteroatoms. The number of nitrogens with zero attached hydrogens (tertiary/aromatic N) is 6. The van der Waals surface area contributed by atoms with Crippen molar-refractivity contribution in [3.8, 4) is 17.3 Å². The van der Waals surface area contributed by atoms with Crippen LogP contribution in [0.15, 0.2) is 54.1 Å². The molecule has 1 saturated heterocycles. The second kappa shape index (κ2) is 8.55. The Kier molecular flexibility index (Phi) is 5.55. The van der Waals surface area contributed by atoms with Crippen LogP contribution in [0.1, 0.15) is 18.0 Å². The smallest absolute Gasteiger partial charge is 0.176 e. The summed E-state index contributed by atoms with van der Waals surface area (Å²) in [5, 5.41) is 15.2. The normalized spacial score (nSPS) is 17.2. The van der Waals surface area contributed by atoms with E-state index >= 15 is 0 Å². The van der Waals surface area contributed by atoms with E-state index < -0.39 is 9.84 Å². The van der Waals surface area contributed by atoms with Crippen LogP contribution in [0.4, 0.5) is 5.69 Å². The van der Waals surface area contributed by atoms with Gasteiger partial charge in [-0.1, -0.05) is 6.07 Å². The number of hydrogen-bond donors (Lipinski definition) is 2. The molecule has 3 aromatic heterocycles. The van der Waals surface area contributed by atoms with Crippen LogP contribution < -0.4 is 10.6 Å². The Balaban J connectivity index is 1.41. The molecule has 10 nitrogen and oxygen atoms in total. The van der Waals surface area contributed by atoms with Gasteiger partial charge in [-0.15, -0.1) is 0 Å². The van der Waals surface area contributed by atoms with Crippen LogP contribution in [0.3, 0.4) is 0 Å². The fourth-order valence-corrected chi connectivity index (χ4v) is 5.63. The molecule has 1 fully saturated rings. The largest absolute Gasteiger partial charge is 0.370 e. The highest BCUT2D eigenvalue weighted by Crippen LogP contribution is 2.35. The average Bonchev–Trinajstić information content (AvgIpc) is 3.59. The van der Waals surface area contributed by atoms with Gasteiger partial charge in [0.2, 0.25) is 0 Å². The zero-order chi connectivity index (χ0) is 23.9. The highest BCUT2D eigenvalue weighted by molar-refractivity contribution is 7.90. The first kappa shape index (κ1) is 22.1. The Bertz CT molecular complexity index is 1500. The molecule has 0 amide bonds. The predicted octanol–water partition coefficient (Wildman–Crippen LogP) is 2.12. The Labute approximate surface area is 197 Å². The summed E-state index contributed by atoms with van der Waals surface area (Å²) in [5.41, 5.74) is 9.47. The van der Waals surface area contributed by atoms with E-state index in [0.717, 1.165) is 35.0 Å². The lowest BCUT2D eigenvalue weighted by molar-refractivity contribution is 0.334. The van der Waals surface area contributed by atoms with E-state index in [1.807, 2.05) is 23.1 Å². The van der Waals surface area contributed by atoms with E-state index in [1.165, 1.54) is 12.4 Å². The molecule has 2 atom stereocenters. The monoisotopic (exact) mass is 476 g/mol. The number of nitriles is 1. The van der Waals surface area contributed by atoms with E-state index in [4.69, 9.17) is 5.73 Å². The topological polar surface area (TPSA) is 147 Å². The van der Waals surface area contributed by atoms with Crippen LogP contribution in [0.25, 0.3) is 22.3 Å². The highest BCUT2D eigenvalue weighted by Gasteiger charge is 2.32. The summed E-state index contributed by atoms with van der Waals surface area (Å²) in [7, 11) is -3.51. The predicted molar refractivity (Wildman–Crippen MR) is 128 cm³/mol. The molecule has 5 rings (SSSR count). The highest BCUT2D eigenvalue weighted by atomic mass is 32.2. The van der Waals surface area contributed by atoms with Gasteiger partial charge in [0, 0.05) is 55.2 Å². The summed E-state index contributed by atoms with van der Waals surface area (Å²) in [6, 6.07) is 8.95. The van der Waals surface area contributed by atoms with Gasteiger partial charge in [0.1, 0.15) is 18.0 Å². The molecule has 1 aliphatic heterocycles. The van der Waals surface area contributed by atoms with Crippen molar-refractivity contribution in [3.63, 3.8) is 0 Å². The van der Waals surface area contributed by atoms with Gasteiger partial charge >= 0.3 is 0 Å². The fraction of sp³-hybridized carbons (Fsp3) is 0.304. The van der Waals surface area contributed by atoms with Gasteiger partial charge in [-0.25, -0.2) is 18.4 Å². The van der Waals surface area contributed by atoms with Crippen molar-refractivity contribution in [1.29, 1.82) is 5.26 Å². The molecule has 1 aliphatic rings. The third-order valence-corrected chi connectivity index (χ3v) is 7.57. The maximum Gasteiger partial charge on any atom is 0.176 e. The van der Waals surface area contributed by atoms with Crippen molar-refractivity contribution >= 4 is 26.6 Å². The first-order valence-corrected chi connectivity index (χ1v) is 12.8. The van der Waals surface area contributed by atoms with Crippen LogP contribution in [0.5, 0.6) is 0 Å². The number of fused-ring (bicyclic) bond motifs is 1. The summed E-state index contributed by atoms with van der Waals surface area (Å²) in [4.78, 5) is 13.9. The minimum absolute atomic E-state index is 0.0501. The molecule has 0 spiro atoms. The summed E-state index contributed by atoms with van der Waals surface area (Å²) < 4.78 is 26.2. The molecule has 2 unspecified atom stereocenters. The van der Waals surface area contributed by atoms with E-state index in [-0.39, 0.29) is 22.4 Å². The molecule has 0 saturated carbocycles. The van der Waals surface area contributed by atoms with Gasteiger partial charge in [0.25, 0.3) is 0 Å². The molecule has 0 aliphatic carbocycles. The molecule has 4 heterocycles. The van der Waals surface area contributed by atoms with E-state index in [2.05, 4.69) is 31.0 Å². The lowest BCUT2D eigenvalue weighted by atomic mass is 9.99. The number of benzene rings is 1. The minimum Gasteiger partial charge on any atom is -0.370 e. The maximum absolute atomic E-state index is 12.2. The van der Waals surface area contributed by atoms with Crippen LogP contribution >= 0.6 is 0 Å². The average molecular weight is 477 g/mol. The van der Waals surface area contributed by atoms with Gasteiger partial charge in [0.05, 0.1) is 34.1 Å². The molecule has 0 bridgehead atoms. The number of nitrogens with two attached hydrogens (primary N) is 1. The summed E-state index contributed by atoms with van der Waals surface area (Å²) >= 11 is 0. The molecule has 34 heavy (non-hydrogen) atoms. The van der Waals surface area contributed by atoms with Gasteiger partial charge in [-0.2, -0.15) is 10.4 Å². The Morgan fingerprint density at radius 2 is 2.18 bits per heavy atom. The number of anilines is 1. The SMILES string of the molecule is CS(=O)(=O)c1cccc(N2CCC(C(CN)n3cc(-c4ncnc5[nH]ccc45)cn3)C2)c1C#N. The molecular formula is C23H24N8O2S. The van der Waals surface area contributed by atoms with Crippen molar-refractivity contribution in [2.75, 3.05) is 30.8 Å². The third kappa shape index (κ3) is 3.81. The van der Waals surface area contributed by atoms with Crippen molar-refractivity contribution in [2.45, 2.75) is 17.4 Å². The summed E-state index contributed by atoms with van der Waals surface area (Å²) in [6.07, 6.45) is 9.07. The molecule has 0 radical (unpaired) electrons. The zero-order valence-electron chi connectivity index (χ0n) is 18.6. The van der Waals surface area contributed by atoms with Crippen LogP contribution in [0, 0.1) is 17.2 Å². The second-order valence-corrected chi connectivity index (χ2v) is 10.5. The van der Waals surface area contributed by atoms with Crippen molar-refractivity contribution in [3.05, 3.63) is 54.7 Å². The first-order valence-electron chi connectivity index (χ1n) is 10.9. The van der Waals surface area contributed by atoms with Crippen LogP contribution in [0.2, 0.25) is 0 Å². The number of aromatic nitrogens is 5. The van der Waals surface area contributed by atoms with Gasteiger partial charge in [0.15, 0.2) is 9.84 Å². The Hall–Kier alpha value is -3.75. The number of aromatic amines is 1. The number of rotatable bonds is 6. The van der Waals surface area contributed by atoms with Gasteiger partial charge < -0.3 is 15.6 Å². The number of H-pyrrole nitrogens is 1. The van der Waals surface area contributed by atoms with E-state index in [0.29, 0.717) is 25.3 Å². The van der Waals surface area contributed by atoms with Crippen molar-refractivity contribution in [2.24, 2.45) is 11.7 Å². The maximum atomic E-state index is 12.2. The lowest BCUT2D eigenvalue weighted by Crippen LogP contribution is -2.30. The quantitative estimate of drug-likeness (QED) is 0.430. The van der Waals surface area contributed by atoms with Crippen LogP contribution in [-0.4, -0.2) is 59.0 Å². The Morgan fingerprint density at radius 1 is 1.32 bits per heavy atom. The Morgan fingerprint density at radius 3 is 2.94 bits per heavy atom. The molecular weight excluding hydrogens is 452 g/mol. The molecule has 3 N–H and O–H groups in total. The standard InChI is InChI=1S/C23H24N8O2S/c1-34(32,33)21-4-2-3-19(18(21)9-24)30-8-6-15(12-30)20(10-25)31-13-16(11-29-31)22-17-5-7-26-23(17)28-14-27-22/h2-5,7,11,13-15,20H,6,8,10,12,25H2,1H3,(H,26,27,28). The fourth-order valence-electron chi connectivity index (χ4n) is 4.79. The van der Waals surface area contributed by atoms with Gasteiger partial charge in [-0.05, 0) is 24.6 Å². The second-order valence-electron chi connectivity index (χ2n) is 8.50. The first-order chi connectivity index (χ1) is 16.4. The van der Waals surface area contributed by atoms with Crippen molar-refractivity contribution < 1.29 is 8.42 Å². The minimum atomic E-state index is -3.51. The summed E-state index contributed by atoms with van der Waals surface area (Å²) in [5.74, 6) is 0.184. The number of hydrogen-bond acceptors (Lipinski definition) is 8. The lowest BCUT2D eigenvalue weighted by Gasteiger charge is -2.25. The molecule has 4 aromatic rings. The molecule has 174 valence electrons. The van der Waals surface area contributed by atoms with Crippen molar-refractivity contribution in [1.82, 2.24) is 24.7 Å². The number of nitrogens with one attached hydrogen (secondary N) is 1. The van der Waals surface area contributed by atoms with Gasteiger partial charge in [-0.3, -0.25) is 4.68 Å². The number of sulfone groups is 1. The summed E-state index contributed by atoms with van der Waals surface area (Å²) in [6.45, 7) is 1.75. The zero-order valence-corrected chi connectivity index (χ0v) is 19.4.